The van der Waals surface area contributed by atoms with Crippen molar-refractivity contribution in [3.8, 4) is 11.1 Å². The zero-order valence-electron chi connectivity index (χ0n) is 15.0. The summed E-state index contributed by atoms with van der Waals surface area (Å²) in [6.07, 6.45) is 4.39. The molecule has 0 aliphatic carbocycles. The van der Waals surface area contributed by atoms with Crippen LogP contribution in [0.15, 0.2) is 66.9 Å². The van der Waals surface area contributed by atoms with E-state index in [1.165, 1.54) is 39.3 Å². The SMILES string of the molecule is CCN1/C(=C/c2cccc[n+]2C)c2ccccc2-c2ccc(C)cc21. The number of nitrogens with zero attached hydrogens (tertiary/aromatic N) is 2. The Hall–Kier alpha value is -2.87. The number of pyridine rings is 1. The molecule has 2 heteroatoms. The number of rotatable bonds is 2. The average molecular weight is 327 g/mol. The van der Waals surface area contributed by atoms with Gasteiger partial charge in [0.05, 0.1) is 5.70 Å². The lowest BCUT2D eigenvalue weighted by Gasteiger charge is -2.34. The van der Waals surface area contributed by atoms with E-state index in [2.05, 4.69) is 103 Å². The van der Waals surface area contributed by atoms with Gasteiger partial charge in [-0.1, -0.05) is 36.4 Å². The van der Waals surface area contributed by atoms with Gasteiger partial charge in [-0.2, -0.15) is 0 Å². The van der Waals surface area contributed by atoms with Gasteiger partial charge in [0.25, 0.3) is 0 Å². The predicted octanol–water partition coefficient (Wildman–Crippen LogP) is 4.82. The zero-order valence-corrected chi connectivity index (χ0v) is 15.0. The van der Waals surface area contributed by atoms with Gasteiger partial charge in [0.15, 0.2) is 6.20 Å². The first kappa shape index (κ1) is 15.6. The van der Waals surface area contributed by atoms with Crippen LogP contribution in [0.4, 0.5) is 5.69 Å². The highest BCUT2D eigenvalue weighted by molar-refractivity contribution is 6.03. The molecule has 1 aromatic heterocycles. The average Bonchev–Trinajstić information content (AvgIpc) is 2.63. The van der Waals surface area contributed by atoms with Gasteiger partial charge in [-0.05, 0) is 37.1 Å². The van der Waals surface area contributed by atoms with Gasteiger partial charge in [0.1, 0.15) is 7.05 Å². The fourth-order valence-electron chi connectivity index (χ4n) is 3.63. The quantitative estimate of drug-likeness (QED) is 0.612. The second kappa shape index (κ2) is 6.21. The Balaban J connectivity index is 2.00. The minimum Gasteiger partial charge on any atom is -0.341 e. The maximum Gasteiger partial charge on any atom is 0.207 e. The van der Waals surface area contributed by atoms with E-state index in [9.17, 15) is 0 Å². The van der Waals surface area contributed by atoms with Crippen LogP contribution in [0.3, 0.4) is 0 Å². The van der Waals surface area contributed by atoms with Crippen molar-refractivity contribution in [3.05, 3.63) is 83.7 Å². The minimum atomic E-state index is 0.938. The molecule has 2 aromatic carbocycles. The van der Waals surface area contributed by atoms with Crippen molar-refractivity contribution < 1.29 is 4.57 Å². The van der Waals surface area contributed by atoms with Gasteiger partial charge in [-0.15, -0.1) is 0 Å². The lowest BCUT2D eigenvalue weighted by molar-refractivity contribution is -0.673. The number of hydrogen-bond donors (Lipinski definition) is 0. The molecule has 4 rings (SSSR count). The van der Waals surface area contributed by atoms with Crippen molar-refractivity contribution in [2.45, 2.75) is 13.8 Å². The summed E-state index contributed by atoms with van der Waals surface area (Å²) in [5.74, 6) is 0. The highest BCUT2D eigenvalue weighted by Gasteiger charge is 2.26. The lowest BCUT2D eigenvalue weighted by Crippen LogP contribution is -2.32. The molecule has 0 saturated heterocycles. The summed E-state index contributed by atoms with van der Waals surface area (Å²) in [4.78, 5) is 2.43. The van der Waals surface area contributed by atoms with E-state index in [0.29, 0.717) is 0 Å². The van der Waals surface area contributed by atoms with Crippen molar-refractivity contribution in [1.82, 2.24) is 0 Å². The maximum atomic E-state index is 2.43. The molecule has 1 aliphatic rings. The third kappa shape index (κ3) is 2.64. The monoisotopic (exact) mass is 327 g/mol. The minimum absolute atomic E-state index is 0.938. The third-order valence-corrected chi connectivity index (χ3v) is 4.92. The number of aryl methyl sites for hydroxylation is 2. The molecule has 124 valence electrons. The van der Waals surface area contributed by atoms with E-state index in [-0.39, 0.29) is 0 Å². The third-order valence-electron chi connectivity index (χ3n) is 4.92. The van der Waals surface area contributed by atoms with Crippen LogP contribution in [0.1, 0.15) is 23.7 Å². The van der Waals surface area contributed by atoms with Gasteiger partial charge in [0.2, 0.25) is 5.69 Å². The molecule has 0 N–H and O–H groups in total. The first-order valence-electron chi connectivity index (χ1n) is 8.83. The highest BCUT2D eigenvalue weighted by atomic mass is 15.1. The Morgan fingerprint density at radius 3 is 2.44 bits per heavy atom. The van der Waals surface area contributed by atoms with E-state index in [1.54, 1.807) is 0 Å². The molecule has 0 unspecified atom stereocenters. The molecule has 0 radical (unpaired) electrons. The fourth-order valence-corrected chi connectivity index (χ4v) is 3.63. The zero-order chi connectivity index (χ0) is 17.4. The number of hydrogen-bond acceptors (Lipinski definition) is 1. The van der Waals surface area contributed by atoms with E-state index in [1.807, 2.05) is 0 Å². The molecule has 0 amide bonds. The molecule has 0 saturated carbocycles. The number of aromatic nitrogens is 1. The van der Waals surface area contributed by atoms with Crippen LogP contribution in [-0.2, 0) is 7.05 Å². The van der Waals surface area contributed by atoms with Crippen LogP contribution in [-0.4, -0.2) is 6.54 Å². The summed E-state index contributed by atoms with van der Waals surface area (Å²) < 4.78 is 2.16. The predicted molar refractivity (Wildman–Crippen MR) is 105 cm³/mol. The lowest BCUT2D eigenvalue weighted by atomic mass is 9.90. The maximum absolute atomic E-state index is 2.43. The van der Waals surface area contributed by atoms with Gasteiger partial charge in [0, 0.05) is 41.6 Å². The van der Waals surface area contributed by atoms with Gasteiger partial charge < -0.3 is 4.90 Å². The van der Waals surface area contributed by atoms with Crippen molar-refractivity contribution in [1.29, 1.82) is 0 Å². The van der Waals surface area contributed by atoms with E-state index in [0.717, 1.165) is 6.54 Å². The molecule has 3 aromatic rings. The van der Waals surface area contributed by atoms with Crippen LogP contribution >= 0.6 is 0 Å². The first-order chi connectivity index (χ1) is 12.2. The van der Waals surface area contributed by atoms with Crippen molar-refractivity contribution >= 4 is 17.5 Å². The second-order valence-corrected chi connectivity index (χ2v) is 6.58. The molecule has 0 atom stereocenters. The number of benzene rings is 2. The molecular formula is C23H23N2+. The first-order valence-corrected chi connectivity index (χ1v) is 8.83. The molecule has 2 heterocycles. The van der Waals surface area contributed by atoms with Gasteiger partial charge in [-0.25, -0.2) is 4.57 Å². The van der Waals surface area contributed by atoms with Gasteiger partial charge in [-0.3, -0.25) is 0 Å². The standard InChI is InChI=1S/C23H23N2/c1-4-25-22-15-17(2)12-13-21(22)19-10-5-6-11-20(19)23(25)16-18-9-7-8-14-24(18)3/h5-16H,4H2,1-3H3/q+1. The summed E-state index contributed by atoms with van der Waals surface area (Å²) >= 11 is 0. The van der Waals surface area contributed by atoms with Crippen LogP contribution in [0, 0.1) is 6.92 Å². The Morgan fingerprint density at radius 2 is 1.68 bits per heavy atom. The molecule has 25 heavy (non-hydrogen) atoms. The normalized spacial score (nSPS) is 14.4. The number of fused-ring (bicyclic) bond motifs is 3. The van der Waals surface area contributed by atoms with Crippen molar-refractivity contribution in [2.75, 3.05) is 11.4 Å². The molecule has 0 fully saturated rings. The Kier molecular flexibility index (Phi) is 3.89. The fraction of sp³-hybridized carbons (Fsp3) is 0.174. The van der Waals surface area contributed by atoms with Crippen molar-refractivity contribution in [2.24, 2.45) is 7.05 Å². The Labute approximate surface area is 149 Å². The molecule has 0 bridgehead atoms. The van der Waals surface area contributed by atoms with E-state index >= 15 is 0 Å². The largest absolute Gasteiger partial charge is 0.341 e. The van der Waals surface area contributed by atoms with Crippen LogP contribution in [0.25, 0.3) is 22.9 Å². The second-order valence-electron chi connectivity index (χ2n) is 6.58. The Bertz CT molecular complexity index is 969. The smallest absolute Gasteiger partial charge is 0.207 e. The highest BCUT2D eigenvalue weighted by Crippen LogP contribution is 2.44. The summed E-state index contributed by atoms with van der Waals surface area (Å²) in [5, 5.41) is 0. The number of anilines is 1. The molecular weight excluding hydrogens is 304 g/mol. The van der Waals surface area contributed by atoms with E-state index in [4.69, 9.17) is 0 Å². The summed E-state index contributed by atoms with van der Waals surface area (Å²) in [6, 6.07) is 21.8. The summed E-state index contributed by atoms with van der Waals surface area (Å²) in [5.41, 5.74) is 8.97. The molecule has 1 aliphatic heterocycles. The van der Waals surface area contributed by atoms with Crippen LogP contribution < -0.4 is 9.47 Å². The summed E-state index contributed by atoms with van der Waals surface area (Å²) in [7, 11) is 2.09. The van der Waals surface area contributed by atoms with Crippen LogP contribution in [0.2, 0.25) is 0 Å². The molecule has 0 spiro atoms. The van der Waals surface area contributed by atoms with Crippen LogP contribution in [0.5, 0.6) is 0 Å². The topological polar surface area (TPSA) is 7.12 Å². The molecule has 2 nitrogen and oxygen atoms in total. The summed E-state index contributed by atoms with van der Waals surface area (Å²) in [6.45, 7) is 5.32. The van der Waals surface area contributed by atoms with Crippen molar-refractivity contribution in [3.63, 3.8) is 0 Å². The van der Waals surface area contributed by atoms with E-state index < -0.39 is 0 Å². The van der Waals surface area contributed by atoms with Gasteiger partial charge >= 0.3 is 0 Å². The Morgan fingerprint density at radius 1 is 0.920 bits per heavy atom.